The predicted molar refractivity (Wildman–Crippen MR) is 335 cm³/mol. The fourth-order valence-electron chi connectivity index (χ4n) is 8.17. The lowest BCUT2D eigenvalue weighted by molar-refractivity contribution is -0.428. The van der Waals surface area contributed by atoms with E-state index in [1.54, 1.807) is 0 Å². The summed E-state index contributed by atoms with van der Waals surface area (Å²) >= 11 is 0. The Morgan fingerprint density at radius 2 is 0.685 bits per heavy atom. The number of nitrogens with zero attached hydrogens (tertiary/aromatic N) is 2. The number of aliphatic hydroxyl groups excluding tert-OH is 1. The molecule has 2 atom stereocenters. The zero-order valence-electron chi connectivity index (χ0n) is 55.7. The van der Waals surface area contributed by atoms with Crippen molar-refractivity contribution in [3.05, 3.63) is 225 Å². The molecule has 1 N–H and O–H groups in total. The van der Waals surface area contributed by atoms with Gasteiger partial charge in [-0.25, -0.2) is 28.1 Å². The van der Waals surface area contributed by atoms with E-state index in [9.17, 15) is 133 Å². The Kier molecular flexibility index (Phi) is 34.4. The minimum atomic E-state index is -7.80. The normalized spacial score (nSPS) is 13.2. The van der Waals surface area contributed by atoms with E-state index >= 15 is 0 Å². The number of carbonyl (C=O) groups excluding carboxylic acids is 4. The third kappa shape index (κ3) is 25.1. The van der Waals surface area contributed by atoms with Gasteiger partial charge < -0.3 is 43.3 Å². The molecule has 7 rings (SSSR count). The summed E-state index contributed by atoms with van der Waals surface area (Å²) in [5.74, 6) is -42.6. The number of hydrogen-bond donors (Lipinski definition) is 1. The third-order valence-electron chi connectivity index (χ3n) is 13.4. The number of hydrogen-bond acceptors (Lipinski definition) is 9. The van der Waals surface area contributed by atoms with Crippen LogP contribution in [0, 0.1) is 0 Å². The summed E-state index contributed by atoms with van der Waals surface area (Å²) in [5.41, 5.74) is -16.2. The minimum Gasteiger partial charge on any atom is -1.00 e. The molecule has 0 saturated carbocycles. The summed E-state index contributed by atoms with van der Waals surface area (Å²) in [5, 5.41) is 9.04. The number of aromatic nitrogens is 2. The second-order valence-corrected chi connectivity index (χ2v) is 26.3. The molecule has 0 aliphatic rings. The highest BCUT2D eigenvalue weighted by atomic mass is 127. The smallest absolute Gasteiger partial charge is 0.438 e. The molecular weight excluding hydrogens is 1670 g/mol. The van der Waals surface area contributed by atoms with Crippen LogP contribution in [-0.2, 0) is 50.4 Å². The van der Waals surface area contributed by atoms with Gasteiger partial charge in [-0.3, -0.25) is 9.36 Å². The maximum atomic E-state index is 13.9. The van der Waals surface area contributed by atoms with E-state index in [4.69, 9.17) is 5.11 Å². The summed E-state index contributed by atoms with van der Waals surface area (Å²) in [7, 11) is -0.0293. The summed E-state index contributed by atoms with van der Waals surface area (Å²) in [6.07, 6.45) is -38.5. The molecule has 10 nitrogen and oxygen atoms in total. The molecule has 0 fully saturated rings. The SMILES string of the molecule is C=C(C)C(=O)OCC(CC(F)(F)C(F)(F)C(F)(C(F)(F)F)C(F)(F)F)OC(=O)C(C)(F)F.C=C(C)C(=O)OCC(O)CC(F)(F)C(F)(F)C(F)(C(F)(F)F)C(F)(F)F.CC(F)(F)C(=O)n1ccnc1.[I-].c1ccc([S+](c2ccccc2)c2ccccc2)cc1.c1ccc([S+](c2ccccc2)c2ccccc2)cc1. The van der Waals surface area contributed by atoms with E-state index < -0.39 is 139 Å². The summed E-state index contributed by atoms with van der Waals surface area (Å²) < 4.78 is 347. The number of alkyl halides is 26. The molecule has 594 valence electrons. The van der Waals surface area contributed by atoms with E-state index in [0.717, 1.165) is 24.7 Å². The number of ether oxygens (including phenoxy) is 3. The minimum absolute atomic E-state index is 0. The quantitative estimate of drug-likeness (QED) is 0.0166. The lowest BCUT2D eigenvalue weighted by Gasteiger charge is -2.40. The second kappa shape index (κ2) is 38.8. The lowest BCUT2D eigenvalue weighted by atomic mass is 9.88. The second-order valence-electron chi connectivity index (χ2n) is 22.3. The Hall–Kier alpha value is -8.34. The highest BCUT2D eigenvalue weighted by Crippen LogP contribution is 2.61. The monoisotopic (exact) mass is 1730 g/mol. The maximum absolute atomic E-state index is 13.9. The van der Waals surface area contributed by atoms with Crippen LogP contribution in [0.4, 0.5) is 114 Å². The summed E-state index contributed by atoms with van der Waals surface area (Å²) in [4.78, 5) is 55.6. The molecule has 1 aromatic heterocycles. The molecule has 2 unspecified atom stereocenters. The molecule has 39 heteroatoms. The van der Waals surface area contributed by atoms with Crippen LogP contribution >= 0.6 is 0 Å². The van der Waals surface area contributed by atoms with Crippen LogP contribution in [0.3, 0.4) is 0 Å². The maximum Gasteiger partial charge on any atom is 0.438 e. The van der Waals surface area contributed by atoms with Crippen LogP contribution < -0.4 is 24.0 Å². The Labute approximate surface area is 620 Å². The van der Waals surface area contributed by atoms with Crippen molar-refractivity contribution >= 4 is 45.6 Å². The van der Waals surface area contributed by atoms with Gasteiger partial charge in [0.1, 0.15) is 25.6 Å². The number of carbonyl (C=O) groups is 4. The molecule has 1 heterocycles. The van der Waals surface area contributed by atoms with E-state index in [-0.39, 0.29) is 58.3 Å². The molecule has 0 amide bonds. The van der Waals surface area contributed by atoms with Gasteiger partial charge in [0, 0.05) is 43.8 Å². The van der Waals surface area contributed by atoms with Gasteiger partial charge in [-0.2, -0.15) is 105 Å². The average Bonchev–Trinajstić information content (AvgIpc) is 0.728. The highest BCUT2D eigenvalue weighted by molar-refractivity contribution is 7.97. The van der Waals surface area contributed by atoms with Crippen molar-refractivity contribution in [3.8, 4) is 0 Å². The molecule has 0 bridgehead atoms. The molecule has 0 aliphatic heterocycles. The number of benzene rings is 6. The first-order valence-corrected chi connectivity index (χ1v) is 32.2. The molecular formula is C69H60F26IN2O8S2+. The molecule has 0 radical (unpaired) electrons. The van der Waals surface area contributed by atoms with Crippen molar-refractivity contribution in [2.24, 2.45) is 0 Å². The number of imidazole rings is 1. The zero-order chi connectivity index (χ0) is 81.8. The van der Waals surface area contributed by atoms with Gasteiger partial charge in [-0.05, 0) is 86.6 Å². The van der Waals surface area contributed by atoms with E-state index in [1.165, 1.54) is 41.8 Å². The van der Waals surface area contributed by atoms with E-state index in [1.807, 2.05) is 0 Å². The fraction of sp³-hybridized carbons (Fsp3) is 0.319. The largest absolute Gasteiger partial charge is 1.00 e. The number of rotatable bonds is 23. The van der Waals surface area contributed by atoms with Gasteiger partial charge >= 0.3 is 95.4 Å². The zero-order valence-corrected chi connectivity index (χ0v) is 59.5. The van der Waals surface area contributed by atoms with Crippen LogP contribution in [0.25, 0.3) is 0 Å². The summed E-state index contributed by atoms with van der Waals surface area (Å²) in [6.45, 7) is 5.00. The Bertz CT molecular complexity index is 3610. The average molecular weight is 1730 g/mol. The number of esters is 3. The first-order valence-electron chi connectivity index (χ1n) is 29.7. The van der Waals surface area contributed by atoms with Gasteiger partial charge in [-0.15, -0.1) is 0 Å². The van der Waals surface area contributed by atoms with Crippen molar-refractivity contribution in [2.75, 3.05) is 13.2 Å². The highest BCUT2D eigenvalue weighted by Gasteiger charge is 2.91. The van der Waals surface area contributed by atoms with Crippen molar-refractivity contribution < 1.29 is 177 Å². The Morgan fingerprint density at radius 3 is 0.907 bits per heavy atom. The summed E-state index contributed by atoms with van der Waals surface area (Å²) in [6, 6.07) is 64.3. The molecule has 6 aromatic carbocycles. The van der Waals surface area contributed by atoms with Gasteiger partial charge in [0.15, 0.2) is 29.4 Å². The van der Waals surface area contributed by atoms with Gasteiger partial charge in [0.25, 0.3) is 0 Å². The van der Waals surface area contributed by atoms with Crippen molar-refractivity contribution in [2.45, 2.75) is 154 Å². The van der Waals surface area contributed by atoms with Crippen LogP contribution in [-0.4, -0.2) is 135 Å². The van der Waals surface area contributed by atoms with Crippen LogP contribution in [0.1, 0.15) is 45.3 Å². The topological polar surface area (TPSA) is 134 Å². The van der Waals surface area contributed by atoms with E-state index in [2.05, 4.69) is 214 Å². The molecule has 7 aromatic rings. The van der Waals surface area contributed by atoms with Gasteiger partial charge in [0.05, 0.1) is 34.3 Å². The van der Waals surface area contributed by atoms with E-state index in [0.29, 0.717) is 6.92 Å². The van der Waals surface area contributed by atoms with Crippen molar-refractivity contribution in [3.63, 3.8) is 0 Å². The fourth-order valence-corrected chi connectivity index (χ4v) is 12.4. The number of aliphatic hydroxyl groups is 1. The Balaban J connectivity index is 0.000000472. The number of halogens is 27. The van der Waals surface area contributed by atoms with Gasteiger partial charge in [0.2, 0.25) is 0 Å². The molecule has 108 heavy (non-hydrogen) atoms. The van der Waals surface area contributed by atoms with Crippen LogP contribution in [0.2, 0.25) is 0 Å². The molecule has 0 spiro atoms. The van der Waals surface area contributed by atoms with Crippen LogP contribution in [0.5, 0.6) is 0 Å². The standard InChI is InChI=1S/2C18H15S.C15H13F13O4.C12H11F11O3.C6H6F2N2O.HI/c2*1-4-10-16(11-5-1)19(17-12-6-2-7-13-17)18-14-8-3-9-15-18;1-6(2)8(29)31-5-7(32-9(30)10(3,16)17)4-11(18,19)13(21,22)12(20,14(23,24)25)15(26,27)28;1-5(2)7(25)26-4-6(24)3-8(13,14)10(16,17)9(15,11(18,19)20)12(21,22)23;1-6(7,8)5(11)10-3-2-9-4-10;/h2*1-15H;7H,1,4-5H2,2-3H3;6,24H,1,3-4H2,2H3;2-4H,1H3;1H/q2*+1;;;;/p-1. The van der Waals surface area contributed by atoms with Gasteiger partial charge in [-0.1, -0.05) is 122 Å². The first kappa shape index (κ1) is 95.7. The first-order chi connectivity index (χ1) is 49.0. The van der Waals surface area contributed by atoms with Crippen molar-refractivity contribution in [1.82, 2.24) is 9.55 Å². The van der Waals surface area contributed by atoms with Crippen LogP contribution in [0.15, 0.2) is 254 Å². The molecule has 0 saturated heterocycles. The Morgan fingerprint density at radius 1 is 0.426 bits per heavy atom. The van der Waals surface area contributed by atoms with Crippen molar-refractivity contribution in [1.29, 1.82) is 0 Å². The molecule has 0 aliphatic carbocycles. The lowest BCUT2D eigenvalue weighted by Crippen LogP contribution is -3.00. The third-order valence-corrected chi connectivity index (χ3v) is 17.9. The predicted octanol–water partition coefficient (Wildman–Crippen LogP) is 16.9.